The molecule has 1 aliphatic rings. The molecule has 0 bridgehead atoms. The standard InChI is InChI=1S/C24H25ClN10O/c1-24(2,36)22-33-32-20-11-17(7-10-35(20)22)30-23-28-14-18(25)21(31-23)29-16-5-8-34(9-6-16)19-4-3-15(12-26)13-27-19/h3-4,7,10-11,13-14,16,36H,5-6,8-9H2,1-2H3,(H2,28,29,30,31). The molecule has 184 valence electrons. The summed E-state index contributed by atoms with van der Waals surface area (Å²) in [5, 5.41) is 34.5. The Hall–Kier alpha value is -4.01. The molecule has 0 spiro atoms. The van der Waals surface area contributed by atoms with Crippen molar-refractivity contribution >= 4 is 40.5 Å². The van der Waals surface area contributed by atoms with Crippen LogP contribution in [0.25, 0.3) is 5.65 Å². The zero-order chi connectivity index (χ0) is 25.3. The first-order valence-corrected chi connectivity index (χ1v) is 11.9. The van der Waals surface area contributed by atoms with Crippen LogP contribution >= 0.6 is 11.6 Å². The first-order chi connectivity index (χ1) is 17.3. The molecule has 0 radical (unpaired) electrons. The lowest BCUT2D eigenvalue weighted by Crippen LogP contribution is -2.39. The summed E-state index contributed by atoms with van der Waals surface area (Å²) in [6, 6.07) is 9.61. The molecule has 0 aliphatic carbocycles. The van der Waals surface area contributed by atoms with E-state index in [1.54, 1.807) is 49.0 Å². The van der Waals surface area contributed by atoms with Gasteiger partial charge in [-0.2, -0.15) is 10.2 Å². The van der Waals surface area contributed by atoms with Crippen LogP contribution in [0.2, 0.25) is 5.02 Å². The molecule has 0 aromatic carbocycles. The molecule has 12 heteroatoms. The third kappa shape index (κ3) is 5.00. The molecule has 1 saturated heterocycles. The van der Waals surface area contributed by atoms with Crippen molar-refractivity contribution in [3.8, 4) is 6.07 Å². The highest BCUT2D eigenvalue weighted by atomic mass is 35.5. The van der Waals surface area contributed by atoms with Crippen LogP contribution in [0.1, 0.15) is 38.1 Å². The van der Waals surface area contributed by atoms with E-state index in [4.69, 9.17) is 16.9 Å². The van der Waals surface area contributed by atoms with Gasteiger partial charge in [0.05, 0.1) is 11.8 Å². The Bertz CT molecular complexity index is 1420. The van der Waals surface area contributed by atoms with Gasteiger partial charge in [-0.05, 0) is 44.9 Å². The molecule has 4 aromatic heterocycles. The zero-order valence-electron chi connectivity index (χ0n) is 19.9. The number of aromatic nitrogens is 6. The maximum atomic E-state index is 10.3. The molecule has 1 aliphatic heterocycles. The number of hydrogen-bond acceptors (Lipinski definition) is 10. The Kier molecular flexibility index (Phi) is 6.30. The summed E-state index contributed by atoms with van der Waals surface area (Å²) in [5.74, 6) is 2.29. The molecule has 0 atom stereocenters. The van der Waals surface area contributed by atoms with Crippen LogP contribution in [0, 0.1) is 11.3 Å². The maximum absolute atomic E-state index is 10.3. The van der Waals surface area contributed by atoms with Crippen molar-refractivity contribution < 1.29 is 5.11 Å². The van der Waals surface area contributed by atoms with Crippen molar-refractivity contribution in [3.63, 3.8) is 0 Å². The van der Waals surface area contributed by atoms with Crippen LogP contribution in [-0.4, -0.2) is 53.8 Å². The Labute approximate surface area is 212 Å². The van der Waals surface area contributed by atoms with E-state index in [1.807, 2.05) is 12.1 Å². The number of halogens is 1. The van der Waals surface area contributed by atoms with Gasteiger partial charge in [-0.15, -0.1) is 10.2 Å². The topological polar surface area (TPSA) is 140 Å². The molecular formula is C24H25ClN10O. The summed E-state index contributed by atoms with van der Waals surface area (Å²) in [7, 11) is 0. The molecule has 0 amide bonds. The van der Waals surface area contributed by atoms with E-state index in [1.165, 1.54) is 0 Å². The van der Waals surface area contributed by atoms with Gasteiger partial charge in [0.25, 0.3) is 0 Å². The van der Waals surface area contributed by atoms with Crippen LogP contribution in [0.4, 0.5) is 23.3 Å². The summed E-state index contributed by atoms with van der Waals surface area (Å²) in [5.41, 5.74) is 0.767. The number of hydrogen-bond donors (Lipinski definition) is 3. The van der Waals surface area contributed by atoms with Gasteiger partial charge in [-0.1, -0.05) is 11.6 Å². The van der Waals surface area contributed by atoms with Gasteiger partial charge in [-0.25, -0.2) is 9.97 Å². The lowest BCUT2D eigenvalue weighted by Gasteiger charge is -2.33. The van der Waals surface area contributed by atoms with Crippen LogP contribution in [0.5, 0.6) is 0 Å². The summed E-state index contributed by atoms with van der Waals surface area (Å²) in [6.45, 7) is 4.99. The monoisotopic (exact) mass is 504 g/mol. The minimum absolute atomic E-state index is 0.201. The van der Waals surface area contributed by atoms with Crippen molar-refractivity contribution in [2.75, 3.05) is 28.6 Å². The van der Waals surface area contributed by atoms with Crippen molar-refractivity contribution in [2.24, 2.45) is 0 Å². The molecule has 3 N–H and O–H groups in total. The second kappa shape index (κ2) is 9.56. The Morgan fingerprint density at radius 1 is 1.14 bits per heavy atom. The maximum Gasteiger partial charge on any atom is 0.229 e. The van der Waals surface area contributed by atoms with Crippen molar-refractivity contribution in [1.29, 1.82) is 5.26 Å². The molecule has 36 heavy (non-hydrogen) atoms. The third-order valence-corrected chi connectivity index (χ3v) is 6.27. The molecule has 0 unspecified atom stereocenters. The fourth-order valence-electron chi connectivity index (χ4n) is 4.13. The number of nitriles is 1. The van der Waals surface area contributed by atoms with Crippen LogP contribution < -0.4 is 15.5 Å². The first-order valence-electron chi connectivity index (χ1n) is 11.5. The van der Waals surface area contributed by atoms with Gasteiger partial charge in [0, 0.05) is 43.3 Å². The zero-order valence-corrected chi connectivity index (χ0v) is 20.6. The average Bonchev–Trinajstić information content (AvgIpc) is 3.31. The Balaban J connectivity index is 1.24. The first kappa shape index (κ1) is 23.7. The quantitative estimate of drug-likeness (QED) is 0.357. The summed E-state index contributed by atoms with van der Waals surface area (Å²) < 4.78 is 1.74. The molecule has 5 rings (SSSR count). The smallest absolute Gasteiger partial charge is 0.229 e. The number of piperidine rings is 1. The van der Waals surface area contributed by atoms with E-state index in [9.17, 15) is 5.11 Å². The van der Waals surface area contributed by atoms with Crippen LogP contribution in [0.15, 0.2) is 42.9 Å². The predicted molar refractivity (Wildman–Crippen MR) is 136 cm³/mol. The Morgan fingerprint density at radius 3 is 2.64 bits per heavy atom. The fourth-order valence-corrected chi connectivity index (χ4v) is 4.27. The van der Waals surface area contributed by atoms with Gasteiger partial charge in [0.1, 0.15) is 22.5 Å². The van der Waals surface area contributed by atoms with Crippen molar-refractivity contribution in [3.05, 3.63) is 59.3 Å². The molecule has 0 saturated carbocycles. The third-order valence-electron chi connectivity index (χ3n) is 5.99. The van der Waals surface area contributed by atoms with E-state index >= 15 is 0 Å². The summed E-state index contributed by atoms with van der Waals surface area (Å²) in [4.78, 5) is 15.5. The number of pyridine rings is 2. The molecule has 4 aromatic rings. The van der Waals surface area contributed by atoms with E-state index < -0.39 is 5.60 Å². The van der Waals surface area contributed by atoms with Gasteiger partial charge < -0.3 is 20.6 Å². The number of rotatable bonds is 6. The van der Waals surface area contributed by atoms with E-state index in [0.717, 1.165) is 37.4 Å². The lowest BCUT2D eigenvalue weighted by molar-refractivity contribution is 0.0676. The molecule has 5 heterocycles. The molecular weight excluding hydrogens is 480 g/mol. The van der Waals surface area contributed by atoms with Gasteiger partial charge in [0.15, 0.2) is 17.3 Å². The van der Waals surface area contributed by atoms with Gasteiger partial charge in [-0.3, -0.25) is 4.40 Å². The minimum Gasteiger partial charge on any atom is -0.382 e. The second-order valence-corrected chi connectivity index (χ2v) is 9.57. The van der Waals surface area contributed by atoms with Gasteiger partial charge in [0.2, 0.25) is 5.95 Å². The number of nitrogens with zero attached hydrogens (tertiary/aromatic N) is 8. The van der Waals surface area contributed by atoms with Crippen LogP contribution in [-0.2, 0) is 5.60 Å². The van der Waals surface area contributed by atoms with Crippen molar-refractivity contribution in [2.45, 2.75) is 38.3 Å². The largest absolute Gasteiger partial charge is 0.382 e. The highest BCUT2D eigenvalue weighted by Gasteiger charge is 2.23. The van der Waals surface area contributed by atoms with E-state index in [-0.39, 0.29) is 6.04 Å². The normalized spacial score (nSPS) is 14.6. The van der Waals surface area contributed by atoms with E-state index in [0.29, 0.717) is 33.8 Å². The SMILES string of the molecule is CC(C)(O)c1nnc2cc(Nc3ncc(Cl)c(NC4CCN(c5ccc(C#N)cn5)CC4)n3)ccn12. The van der Waals surface area contributed by atoms with Gasteiger partial charge >= 0.3 is 0 Å². The second-order valence-electron chi connectivity index (χ2n) is 9.16. The van der Waals surface area contributed by atoms with E-state index in [2.05, 4.69) is 46.8 Å². The minimum atomic E-state index is -1.11. The number of fused-ring (bicyclic) bond motifs is 1. The lowest BCUT2D eigenvalue weighted by atomic mass is 10.0. The average molecular weight is 505 g/mol. The molecule has 1 fully saturated rings. The number of nitrogens with one attached hydrogen (secondary N) is 2. The predicted octanol–water partition coefficient (Wildman–Crippen LogP) is 3.49. The molecule has 11 nitrogen and oxygen atoms in total. The summed E-state index contributed by atoms with van der Waals surface area (Å²) in [6.07, 6.45) is 6.73. The van der Waals surface area contributed by atoms with Crippen molar-refractivity contribution in [1.82, 2.24) is 29.5 Å². The highest BCUT2D eigenvalue weighted by Crippen LogP contribution is 2.26. The fraction of sp³-hybridized carbons (Fsp3) is 0.333. The highest BCUT2D eigenvalue weighted by molar-refractivity contribution is 6.32. The number of anilines is 4. The summed E-state index contributed by atoms with van der Waals surface area (Å²) >= 11 is 6.39. The van der Waals surface area contributed by atoms with Crippen LogP contribution in [0.3, 0.4) is 0 Å². The Morgan fingerprint density at radius 2 is 1.94 bits per heavy atom. The number of aliphatic hydroxyl groups is 1.